The number of ether oxygens (including phenoxy) is 1. The normalized spacial score (nSPS) is 10.9. The van der Waals surface area contributed by atoms with Crippen LogP contribution in [0.15, 0.2) is 72.8 Å². The van der Waals surface area contributed by atoms with Gasteiger partial charge in [-0.25, -0.2) is 0 Å². The van der Waals surface area contributed by atoms with Gasteiger partial charge in [-0.3, -0.25) is 4.79 Å². The molecule has 3 aromatic rings. The molecule has 0 bridgehead atoms. The Hall–Kier alpha value is -3.40. The first-order valence-corrected chi connectivity index (χ1v) is 7.76. The van der Waals surface area contributed by atoms with E-state index in [2.05, 4.69) is 0 Å². The van der Waals surface area contributed by atoms with Gasteiger partial charge in [0, 0.05) is 5.56 Å². The van der Waals surface area contributed by atoms with E-state index in [0.29, 0.717) is 11.3 Å². The van der Waals surface area contributed by atoms with Crippen molar-refractivity contribution in [3.63, 3.8) is 0 Å². The summed E-state index contributed by atoms with van der Waals surface area (Å²) in [6.45, 7) is -0.552. The second kappa shape index (κ2) is 7.45. The smallest absolute Gasteiger partial charge is 0.185 e. The molecule has 0 aliphatic rings. The summed E-state index contributed by atoms with van der Waals surface area (Å²) in [7, 11) is 0. The minimum absolute atomic E-state index is 0.188. The summed E-state index contributed by atoms with van der Waals surface area (Å²) in [6, 6.07) is 20.3. The molecule has 0 saturated heterocycles. The van der Waals surface area contributed by atoms with Crippen molar-refractivity contribution in [2.24, 2.45) is 0 Å². The van der Waals surface area contributed by atoms with Crippen molar-refractivity contribution in [3.05, 3.63) is 83.9 Å². The molecule has 0 fully saturated rings. The Morgan fingerprint density at radius 3 is 2.56 bits per heavy atom. The summed E-state index contributed by atoms with van der Waals surface area (Å²) in [5, 5.41) is 12.6. The molecule has 0 aromatic heterocycles. The standard InChI is InChI=1S/C21H16O4/c22-20(17-8-4-9-18(13-17)25-14-21(23)24)12-11-16-7-3-6-15-5-1-2-10-19(15)16/h1-13H,14H2,(H,23,24)/p-1/b12-11+. The number of carbonyl (C=O) groups is 2. The number of carboxylic acids is 1. The third-order valence-corrected chi connectivity index (χ3v) is 3.71. The molecule has 25 heavy (non-hydrogen) atoms. The van der Waals surface area contributed by atoms with Gasteiger partial charge in [-0.05, 0) is 34.5 Å². The number of aliphatic carboxylic acids is 1. The molecule has 0 heterocycles. The quantitative estimate of drug-likeness (QED) is 0.514. The lowest BCUT2D eigenvalue weighted by molar-refractivity contribution is -0.307. The number of hydrogen-bond donors (Lipinski definition) is 0. The Kier molecular flexibility index (Phi) is 4.90. The van der Waals surface area contributed by atoms with Gasteiger partial charge in [0.25, 0.3) is 0 Å². The highest BCUT2D eigenvalue weighted by molar-refractivity contribution is 6.08. The van der Waals surface area contributed by atoms with Gasteiger partial charge in [-0.2, -0.15) is 0 Å². The zero-order valence-corrected chi connectivity index (χ0v) is 13.3. The van der Waals surface area contributed by atoms with E-state index in [0.717, 1.165) is 16.3 Å². The topological polar surface area (TPSA) is 66.4 Å². The van der Waals surface area contributed by atoms with Crippen molar-refractivity contribution in [2.45, 2.75) is 0 Å². The summed E-state index contributed by atoms with van der Waals surface area (Å²) in [5.41, 5.74) is 1.38. The molecule has 0 spiro atoms. The number of allylic oxidation sites excluding steroid dienone is 1. The average molecular weight is 331 g/mol. The van der Waals surface area contributed by atoms with Crippen LogP contribution in [0.1, 0.15) is 15.9 Å². The second-order valence-electron chi connectivity index (χ2n) is 5.45. The maximum atomic E-state index is 12.4. The molecule has 0 N–H and O–H groups in total. The number of ketones is 1. The lowest BCUT2D eigenvalue weighted by Gasteiger charge is -2.07. The Morgan fingerprint density at radius 2 is 1.72 bits per heavy atom. The highest BCUT2D eigenvalue weighted by Gasteiger charge is 2.04. The molecule has 0 unspecified atom stereocenters. The van der Waals surface area contributed by atoms with Crippen LogP contribution in [0, 0.1) is 0 Å². The highest BCUT2D eigenvalue weighted by Crippen LogP contribution is 2.20. The van der Waals surface area contributed by atoms with E-state index in [1.165, 1.54) is 12.1 Å². The zero-order valence-electron chi connectivity index (χ0n) is 13.3. The summed E-state index contributed by atoms with van der Waals surface area (Å²) in [6.07, 6.45) is 3.28. The SMILES string of the molecule is O=C([O-])COc1cccc(C(=O)/C=C/c2cccc3ccccc23)c1. The van der Waals surface area contributed by atoms with E-state index in [1.54, 1.807) is 24.3 Å². The fourth-order valence-electron chi connectivity index (χ4n) is 2.54. The van der Waals surface area contributed by atoms with Gasteiger partial charge in [0.1, 0.15) is 12.4 Å². The van der Waals surface area contributed by atoms with E-state index in [1.807, 2.05) is 42.5 Å². The van der Waals surface area contributed by atoms with Crippen LogP contribution in [0.25, 0.3) is 16.8 Å². The van der Waals surface area contributed by atoms with E-state index < -0.39 is 12.6 Å². The molecule has 0 amide bonds. The van der Waals surface area contributed by atoms with Gasteiger partial charge in [-0.1, -0.05) is 60.7 Å². The zero-order chi connectivity index (χ0) is 17.6. The van der Waals surface area contributed by atoms with Crippen molar-refractivity contribution in [2.75, 3.05) is 6.61 Å². The summed E-state index contributed by atoms with van der Waals surface area (Å²) in [4.78, 5) is 22.8. The van der Waals surface area contributed by atoms with E-state index >= 15 is 0 Å². The molecular weight excluding hydrogens is 316 g/mol. The van der Waals surface area contributed by atoms with Crippen LogP contribution in [0.5, 0.6) is 5.75 Å². The monoisotopic (exact) mass is 331 g/mol. The second-order valence-corrected chi connectivity index (χ2v) is 5.45. The van der Waals surface area contributed by atoms with Gasteiger partial charge >= 0.3 is 0 Å². The van der Waals surface area contributed by atoms with Gasteiger partial charge in [-0.15, -0.1) is 0 Å². The van der Waals surface area contributed by atoms with Crippen molar-refractivity contribution in [3.8, 4) is 5.75 Å². The highest BCUT2D eigenvalue weighted by atomic mass is 16.5. The third-order valence-electron chi connectivity index (χ3n) is 3.71. The first-order valence-electron chi connectivity index (χ1n) is 7.76. The predicted molar refractivity (Wildman–Crippen MR) is 94.3 cm³/mol. The number of carboxylic acid groups (broad SMARTS) is 1. The Labute approximate surface area is 145 Å². The summed E-state index contributed by atoms with van der Waals surface area (Å²) < 4.78 is 5.04. The lowest BCUT2D eigenvalue weighted by Crippen LogP contribution is -2.28. The van der Waals surface area contributed by atoms with Crippen LogP contribution in [0.3, 0.4) is 0 Å². The maximum absolute atomic E-state index is 12.4. The maximum Gasteiger partial charge on any atom is 0.185 e. The summed E-state index contributed by atoms with van der Waals surface area (Å²) >= 11 is 0. The minimum atomic E-state index is -1.31. The fraction of sp³-hybridized carbons (Fsp3) is 0.0476. The van der Waals surface area contributed by atoms with E-state index in [4.69, 9.17) is 4.74 Å². The number of benzene rings is 3. The molecule has 3 rings (SSSR count). The van der Waals surface area contributed by atoms with Crippen LogP contribution in [-0.4, -0.2) is 18.4 Å². The Balaban J connectivity index is 1.80. The van der Waals surface area contributed by atoms with Crippen molar-refractivity contribution in [1.29, 1.82) is 0 Å². The summed E-state index contributed by atoms with van der Waals surface area (Å²) in [5.74, 6) is -1.19. The van der Waals surface area contributed by atoms with Gasteiger partial charge in [0.05, 0.1) is 5.97 Å². The van der Waals surface area contributed by atoms with Crippen LogP contribution >= 0.6 is 0 Å². The third kappa shape index (κ3) is 4.12. The molecular formula is C21H15O4-. The lowest BCUT2D eigenvalue weighted by atomic mass is 10.0. The molecule has 0 radical (unpaired) electrons. The molecule has 3 aromatic carbocycles. The van der Waals surface area contributed by atoms with Gasteiger partial charge < -0.3 is 14.6 Å². The van der Waals surface area contributed by atoms with Crippen LogP contribution < -0.4 is 9.84 Å². The van der Waals surface area contributed by atoms with Gasteiger partial charge in [0.2, 0.25) is 0 Å². The van der Waals surface area contributed by atoms with Crippen molar-refractivity contribution < 1.29 is 19.4 Å². The molecule has 0 aliphatic heterocycles. The predicted octanol–water partition coefficient (Wildman–Crippen LogP) is 2.86. The minimum Gasteiger partial charge on any atom is -0.546 e. The molecule has 4 nitrogen and oxygen atoms in total. The van der Waals surface area contributed by atoms with Crippen LogP contribution in [0.4, 0.5) is 0 Å². The number of hydrogen-bond acceptors (Lipinski definition) is 4. The molecule has 124 valence electrons. The Morgan fingerprint density at radius 1 is 0.960 bits per heavy atom. The van der Waals surface area contributed by atoms with Crippen LogP contribution in [-0.2, 0) is 4.79 Å². The number of carbonyl (C=O) groups excluding carboxylic acids is 2. The molecule has 4 heteroatoms. The molecule has 0 aliphatic carbocycles. The first-order chi connectivity index (χ1) is 12.1. The van der Waals surface area contributed by atoms with Crippen molar-refractivity contribution in [1.82, 2.24) is 0 Å². The van der Waals surface area contributed by atoms with Crippen LogP contribution in [0.2, 0.25) is 0 Å². The van der Waals surface area contributed by atoms with E-state index in [9.17, 15) is 14.7 Å². The first kappa shape index (κ1) is 16.5. The van der Waals surface area contributed by atoms with Crippen molar-refractivity contribution >= 4 is 28.6 Å². The number of fused-ring (bicyclic) bond motifs is 1. The van der Waals surface area contributed by atoms with Gasteiger partial charge in [0.15, 0.2) is 5.78 Å². The van der Waals surface area contributed by atoms with E-state index in [-0.39, 0.29) is 5.78 Å². The average Bonchev–Trinajstić information content (AvgIpc) is 2.64. The largest absolute Gasteiger partial charge is 0.546 e. The number of rotatable bonds is 6. The molecule has 0 atom stereocenters. The Bertz CT molecular complexity index is 952. The molecule has 0 saturated carbocycles. The fourth-order valence-corrected chi connectivity index (χ4v) is 2.54.